The lowest BCUT2D eigenvalue weighted by molar-refractivity contribution is 0.0697. The van der Waals surface area contributed by atoms with Crippen molar-refractivity contribution in [2.75, 3.05) is 0 Å². The van der Waals surface area contributed by atoms with Crippen LogP contribution in [0.5, 0.6) is 0 Å². The molecular formula is C15H12N2O4S. The van der Waals surface area contributed by atoms with E-state index in [1.807, 2.05) is 6.92 Å². The zero-order chi connectivity index (χ0) is 15.9. The van der Waals surface area contributed by atoms with E-state index in [1.54, 1.807) is 12.1 Å². The van der Waals surface area contributed by atoms with Crippen molar-refractivity contribution < 1.29 is 18.3 Å². The first-order valence-electron chi connectivity index (χ1n) is 6.43. The highest BCUT2D eigenvalue weighted by Gasteiger charge is 2.20. The number of nitrogens with zero attached hydrogens (tertiary/aromatic N) is 2. The summed E-state index contributed by atoms with van der Waals surface area (Å²) in [4.78, 5) is 11.1. The van der Waals surface area contributed by atoms with E-state index in [-0.39, 0.29) is 10.5 Å². The molecule has 1 N–H and O–H groups in total. The quantitative estimate of drug-likeness (QED) is 0.800. The fourth-order valence-corrected chi connectivity index (χ4v) is 3.42. The molecule has 112 valence electrons. The zero-order valence-corrected chi connectivity index (χ0v) is 12.4. The number of carboxylic acid groups (broad SMARTS) is 1. The van der Waals surface area contributed by atoms with Gasteiger partial charge in [0, 0.05) is 5.39 Å². The minimum Gasteiger partial charge on any atom is -0.478 e. The maximum atomic E-state index is 12.6. The Bertz CT molecular complexity index is 972. The van der Waals surface area contributed by atoms with Gasteiger partial charge in [-0.05, 0) is 37.3 Å². The fraction of sp³-hybridized carbons (Fsp3) is 0.0667. The van der Waals surface area contributed by atoms with Crippen molar-refractivity contribution in [3.05, 3.63) is 59.8 Å². The van der Waals surface area contributed by atoms with Gasteiger partial charge in [0.1, 0.15) is 0 Å². The molecule has 3 aromatic rings. The normalized spacial score (nSPS) is 11.7. The van der Waals surface area contributed by atoms with E-state index in [4.69, 9.17) is 5.11 Å². The van der Waals surface area contributed by atoms with E-state index < -0.39 is 16.0 Å². The Morgan fingerprint density at radius 3 is 2.45 bits per heavy atom. The third-order valence-electron chi connectivity index (χ3n) is 3.33. The average molecular weight is 316 g/mol. The minimum atomic E-state index is -3.81. The van der Waals surface area contributed by atoms with E-state index in [0.717, 1.165) is 9.65 Å². The Labute approximate surface area is 126 Å². The lowest BCUT2D eigenvalue weighted by atomic mass is 10.2. The number of carboxylic acids is 1. The van der Waals surface area contributed by atoms with Crippen LogP contribution in [0.2, 0.25) is 0 Å². The van der Waals surface area contributed by atoms with Crippen LogP contribution in [0.25, 0.3) is 10.9 Å². The van der Waals surface area contributed by atoms with Gasteiger partial charge in [0.2, 0.25) is 0 Å². The molecule has 0 unspecified atom stereocenters. The third-order valence-corrected chi connectivity index (χ3v) is 4.94. The van der Waals surface area contributed by atoms with Crippen LogP contribution in [0, 0.1) is 6.92 Å². The van der Waals surface area contributed by atoms with Gasteiger partial charge in [-0.1, -0.05) is 17.7 Å². The number of benzene rings is 2. The maximum absolute atomic E-state index is 12.6. The summed E-state index contributed by atoms with van der Waals surface area (Å²) in [5.74, 6) is -1.07. The van der Waals surface area contributed by atoms with Crippen LogP contribution in [0.3, 0.4) is 0 Å². The monoisotopic (exact) mass is 316 g/mol. The molecule has 0 spiro atoms. The topological polar surface area (TPSA) is 89.3 Å². The number of carbonyl (C=O) groups is 1. The molecular weight excluding hydrogens is 304 g/mol. The van der Waals surface area contributed by atoms with Gasteiger partial charge < -0.3 is 5.11 Å². The summed E-state index contributed by atoms with van der Waals surface area (Å²) in [6.07, 6.45) is 1.34. The molecule has 0 atom stereocenters. The highest BCUT2D eigenvalue weighted by Crippen LogP contribution is 2.21. The Hall–Kier alpha value is -2.67. The number of hydrogen-bond acceptors (Lipinski definition) is 4. The van der Waals surface area contributed by atoms with Crippen LogP contribution in [0.1, 0.15) is 15.9 Å². The van der Waals surface area contributed by atoms with Crippen molar-refractivity contribution in [1.29, 1.82) is 0 Å². The first-order chi connectivity index (χ1) is 10.4. The summed E-state index contributed by atoms with van der Waals surface area (Å²) < 4.78 is 26.2. The molecule has 22 heavy (non-hydrogen) atoms. The standard InChI is InChI=1S/C15H12N2O4S/c1-10-2-5-13(6-3-10)22(20,21)17-14-7-4-11(15(18)19)8-12(14)9-16-17/h2-9H,1H3,(H,18,19). The number of aryl methyl sites for hydroxylation is 1. The second-order valence-corrected chi connectivity index (χ2v) is 6.65. The van der Waals surface area contributed by atoms with Gasteiger partial charge in [0.25, 0.3) is 10.0 Å². The summed E-state index contributed by atoms with van der Waals surface area (Å²) in [5, 5.41) is 13.3. The third kappa shape index (κ3) is 2.25. The van der Waals surface area contributed by atoms with Crippen LogP contribution in [-0.2, 0) is 10.0 Å². The lowest BCUT2D eigenvalue weighted by Gasteiger charge is -2.06. The second kappa shape index (κ2) is 4.96. The summed E-state index contributed by atoms with van der Waals surface area (Å²) in [5.41, 5.74) is 1.38. The highest BCUT2D eigenvalue weighted by molar-refractivity contribution is 7.90. The van der Waals surface area contributed by atoms with Crippen LogP contribution in [-0.4, -0.2) is 28.7 Å². The van der Waals surface area contributed by atoms with Crippen molar-refractivity contribution in [2.45, 2.75) is 11.8 Å². The van der Waals surface area contributed by atoms with E-state index >= 15 is 0 Å². The van der Waals surface area contributed by atoms with Crippen molar-refractivity contribution in [3.63, 3.8) is 0 Å². The Balaban J connectivity index is 2.17. The minimum absolute atomic E-state index is 0.0831. The zero-order valence-electron chi connectivity index (χ0n) is 11.6. The summed E-state index contributed by atoms with van der Waals surface area (Å²) in [7, 11) is -3.81. The molecule has 0 fully saturated rings. The second-order valence-electron chi connectivity index (χ2n) is 4.88. The van der Waals surface area contributed by atoms with Crippen molar-refractivity contribution in [3.8, 4) is 0 Å². The van der Waals surface area contributed by atoms with Crippen molar-refractivity contribution >= 4 is 26.9 Å². The Morgan fingerprint density at radius 2 is 1.82 bits per heavy atom. The number of aromatic carboxylic acids is 1. The molecule has 0 aliphatic heterocycles. The molecule has 2 aromatic carbocycles. The molecule has 0 radical (unpaired) electrons. The molecule has 3 rings (SSSR count). The smallest absolute Gasteiger partial charge is 0.335 e. The molecule has 0 bridgehead atoms. The van der Waals surface area contributed by atoms with Gasteiger partial charge in [-0.2, -0.15) is 17.6 Å². The number of fused-ring (bicyclic) bond motifs is 1. The van der Waals surface area contributed by atoms with Gasteiger partial charge in [-0.3, -0.25) is 0 Å². The predicted molar refractivity (Wildman–Crippen MR) is 80.5 cm³/mol. The summed E-state index contributed by atoms with van der Waals surface area (Å²) >= 11 is 0. The fourth-order valence-electron chi connectivity index (χ4n) is 2.14. The van der Waals surface area contributed by atoms with Crippen LogP contribution in [0.4, 0.5) is 0 Å². The van der Waals surface area contributed by atoms with E-state index in [1.165, 1.54) is 36.5 Å². The first kappa shape index (κ1) is 14.3. The van der Waals surface area contributed by atoms with Gasteiger partial charge >= 0.3 is 5.97 Å². The first-order valence-corrected chi connectivity index (χ1v) is 7.87. The summed E-state index contributed by atoms with van der Waals surface area (Å²) in [6.45, 7) is 1.87. The Kier molecular flexibility index (Phi) is 3.22. The summed E-state index contributed by atoms with van der Waals surface area (Å²) in [6, 6.07) is 10.6. The molecule has 6 nitrogen and oxygen atoms in total. The molecule has 0 saturated heterocycles. The molecule has 0 amide bonds. The SMILES string of the molecule is Cc1ccc(S(=O)(=O)n2ncc3cc(C(=O)O)ccc32)cc1. The molecule has 1 aromatic heterocycles. The highest BCUT2D eigenvalue weighted by atomic mass is 32.2. The average Bonchev–Trinajstić information content (AvgIpc) is 2.91. The number of rotatable bonds is 3. The number of aromatic nitrogens is 2. The van der Waals surface area contributed by atoms with Gasteiger partial charge in [-0.25, -0.2) is 4.79 Å². The van der Waals surface area contributed by atoms with Crippen molar-refractivity contribution in [1.82, 2.24) is 9.19 Å². The lowest BCUT2D eigenvalue weighted by Crippen LogP contribution is -2.14. The molecule has 1 heterocycles. The predicted octanol–water partition coefficient (Wildman–Crippen LogP) is 2.28. The number of hydrogen-bond donors (Lipinski definition) is 1. The van der Waals surface area contributed by atoms with Crippen LogP contribution < -0.4 is 0 Å². The van der Waals surface area contributed by atoms with E-state index in [2.05, 4.69) is 5.10 Å². The van der Waals surface area contributed by atoms with Gasteiger partial charge in [0.15, 0.2) is 0 Å². The molecule has 0 saturated carbocycles. The Morgan fingerprint density at radius 1 is 1.14 bits per heavy atom. The van der Waals surface area contributed by atoms with Crippen molar-refractivity contribution in [2.24, 2.45) is 0 Å². The molecule has 0 aliphatic carbocycles. The largest absolute Gasteiger partial charge is 0.478 e. The molecule has 0 aliphatic rings. The van der Waals surface area contributed by atoms with Gasteiger partial charge in [0.05, 0.1) is 22.2 Å². The van der Waals surface area contributed by atoms with E-state index in [9.17, 15) is 13.2 Å². The van der Waals surface area contributed by atoms with Crippen LogP contribution in [0.15, 0.2) is 53.6 Å². The van der Waals surface area contributed by atoms with Crippen LogP contribution >= 0.6 is 0 Å². The van der Waals surface area contributed by atoms with Gasteiger partial charge in [-0.15, -0.1) is 0 Å². The molecule has 7 heteroatoms. The van der Waals surface area contributed by atoms with E-state index in [0.29, 0.717) is 10.9 Å². The maximum Gasteiger partial charge on any atom is 0.335 e.